The number of carboxylic acid groups (broad SMARTS) is 1. The van der Waals surface area contributed by atoms with Crippen molar-refractivity contribution >= 4 is 22.6 Å². The fourth-order valence-electron chi connectivity index (χ4n) is 4.57. The Balaban J connectivity index is 1.78. The molecule has 3 N–H and O–H groups in total. The summed E-state index contributed by atoms with van der Waals surface area (Å²) in [5.41, 5.74) is 10.6. The van der Waals surface area contributed by atoms with Crippen molar-refractivity contribution in [3.63, 3.8) is 0 Å². The molecule has 0 saturated heterocycles. The van der Waals surface area contributed by atoms with Crippen LogP contribution in [0.1, 0.15) is 42.9 Å². The van der Waals surface area contributed by atoms with E-state index in [4.69, 9.17) is 15.8 Å². The minimum atomic E-state index is -0.685. The highest BCUT2D eigenvalue weighted by Gasteiger charge is 2.37. The molecule has 0 spiro atoms. The molecule has 3 unspecified atom stereocenters. The summed E-state index contributed by atoms with van der Waals surface area (Å²) < 4.78 is 0. The van der Waals surface area contributed by atoms with Crippen LogP contribution in [-0.2, 0) is 11.2 Å². The summed E-state index contributed by atoms with van der Waals surface area (Å²) in [5.74, 6) is 0.530. The first-order valence-electron chi connectivity index (χ1n) is 8.00. The van der Waals surface area contributed by atoms with Gasteiger partial charge in [0.2, 0.25) is 0 Å². The van der Waals surface area contributed by atoms with E-state index in [1.807, 2.05) is 24.3 Å². The molecule has 4 nitrogen and oxygen atoms in total. The van der Waals surface area contributed by atoms with Crippen molar-refractivity contribution in [3.8, 4) is 0 Å². The molecule has 22 heavy (non-hydrogen) atoms. The van der Waals surface area contributed by atoms with Crippen molar-refractivity contribution in [2.24, 2.45) is 11.8 Å². The topological polar surface area (TPSA) is 76.2 Å². The van der Waals surface area contributed by atoms with E-state index in [9.17, 15) is 4.79 Å². The van der Waals surface area contributed by atoms with Crippen LogP contribution >= 0.6 is 0 Å². The molecule has 1 heterocycles. The van der Waals surface area contributed by atoms with Gasteiger partial charge in [-0.05, 0) is 49.5 Å². The summed E-state index contributed by atoms with van der Waals surface area (Å²) in [6.45, 7) is 0. The summed E-state index contributed by atoms with van der Waals surface area (Å²) in [4.78, 5) is 15.9. The lowest BCUT2D eigenvalue weighted by atomic mass is 9.65. The normalized spacial score (nSPS) is 26.6. The molecule has 2 aromatic rings. The van der Waals surface area contributed by atoms with Crippen LogP contribution in [0.15, 0.2) is 24.3 Å². The number of carbonyl (C=O) groups is 1. The van der Waals surface area contributed by atoms with Gasteiger partial charge in [0, 0.05) is 28.8 Å². The number of pyridine rings is 1. The first-order valence-corrected chi connectivity index (χ1v) is 8.00. The number of nitrogens with zero attached hydrogens (tertiary/aromatic N) is 1. The van der Waals surface area contributed by atoms with Crippen LogP contribution in [0.3, 0.4) is 0 Å². The average molecular weight is 296 g/mol. The Morgan fingerprint density at radius 1 is 1.27 bits per heavy atom. The van der Waals surface area contributed by atoms with Crippen molar-refractivity contribution in [2.75, 3.05) is 5.73 Å². The maximum Gasteiger partial charge on any atom is 0.303 e. The van der Waals surface area contributed by atoms with Gasteiger partial charge in [-0.2, -0.15) is 0 Å². The summed E-state index contributed by atoms with van der Waals surface area (Å²) in [5, 5.41) is 10.1. The smallest absolute Gasteiger partial charge is 0.303 e. The van der Waals surface area contributed by atoms with Gasteiger partial charge in [0.15, 0.2) is 0 Å². The third-order valence-corrected chi connectivity index (χ3v) is 5.31. The molecule has 1 fully saturated rings. The highest BCUT2D eigenvalue weighted by atomic mass is 16.4. The molecule has 2 aliphatic rings. The van der Waals surface area contributed by atoms with E-state index in [0.717, 1.165) is 48.0 Å². The largest absolute Gasteiger partial charge is 0.481 e. The van der Waals surface area contributed by atoms with E-state index in [2.05, 4.69) is 0 Å². The predicted octanol–water partition coefficient (Wildman–Crippen LogP) is 3.35. The quantitative estimate of drug-likeness (QED) is 0.891. The van der Waals surface area contributed by atoms with Gasteiger partial charge in [-0.3, -0.25) is 9.78 Å². The molecular formula is C18H20N2O2. The Labute approximate surface area is 129 Å². The second kappa shape index (κ2) is 4.97. The van der Waals surface area contributed by atoms with E-state index in [0.29, 0.717) is 11.8 Å². The zero-order chi connectivity index (χ0) is 15.3. The van der Waals surface area contributed by atoms with Crippen molar-refractivity contribution in [3.05, 3.63) is 35.5 Å². The predicted molar refractivity (Wildman–Crippen MR) is 85.7 cm³/mol. The van der Waals surface area contributed by atoms with E-state index >= 15 is 0 Å². The van der Waals surface area contributed by atoms with Crippen LogP contribution in [-0.4, -0.2) is 16.1 Å². The lowest BCUT2D eigenvalue weighted by Crippen LogP contribution is -2.30. The highest BCUT2D eigenvalue weighted by Crippen LogP contribution is 2.49. The van der Waals surface area contributed by atoms with Crippen molar-refractivity contribution < 1.29 is 9.90 Å². The lowest BCUT2D eigenvalue weighted by molar-refractivity contribution is -0.138. The van der Waals surface area contributed by atoms with Crippen LogP contribution in [0.5, 0.6) is 0 Å². The second-order valence-corrected chi connectivity index (χ2v) is 6.84. The molecule has 4 heteroatoms. The van der Waals surface area contributed by atoms with Gasteiger partial charge in [-0.15, -0.1) is 0 Å². The van der Waals surface area contributed by atoms with Crippen LogP contribution in [0, 0.1) is 11.8 Å². The van der Waals surface area contributed by atoms with Crippen LogP contribution < -0.4 is 5.73 Å². The Bertz CT molecular complexity index is 756. The van der Waals surface area contributed by atoms with E-state index < -0.39 is 5.97 Å². The number of hydrogen-bond acceptors (Lipinski definition) is 3. The highest BCUT2D eigenvalue weighted by molar-refractivity contribution is 5.92. The number of rotatable bonds is 2. The number of aliphatic carboxylic acids is 1. The van der Waals surface area contributed by atoms with Gasteiger partial charge in [-0.25, -0.2) is 0 Å². The monoisotopic (exact) mass is 296 g/mol. The van der Waals surface area contributed by atoms with E-state index in [1.165, 1.54) is 5.56 Å². The number of aromatic nitrogens is 1. The number of nitrogens with two attached hydrogens (primary N) is 1. The minimum Gasteiger partial charge on any atom is -0.481 e. The molecule has 1 saturated carbocycles. The molecule has 4 rings (SSSR count). The number of anilines is 1. The molecule has 3 atom stereocenters. The fraction of sp³-hybridized carbons (Fsp3) is 0.444. The Kier molecular flexibility index (Phi) is 3.06. The molecule has 2 aliphatic carbocycles. The standard InChI is InChI=1S/C18H20N2O2/c19-18-13-3-1-2-4-14(13)20-15-8-10-5-11(9-16(21)22)7-12(6-10)17(15)18/h1-4,10-12H,5-9H2,(H2,19,20)(H,21,22). The molecule has 114 valence electrons. The third-order valence-electron chi connectivity index (χ3n) is 5.31. The maximum absolute atomic E-state index is 11.0. The molecule has 1 aromatic heterocycles. The van der Waals surface area contributed by atoms with Crippen LogP contribution in [0.4, 0.5) is 5.69 Å². The van der Waals surface area contributed by atoms with Gasteiger partial charge in [0.1, 0.15) is 0 Å². The van der Waals surface area contributed by atoms with Gasteiger partial charge in [0.25, 0.3) is 0 Å². The van der Waals surface area contributed by atoms with Gasteiger partial charge in [0.05, 0.1) is 5.52 Å². The van der Waals surface area contributed by atoms with E-state index in [1.54, 1.807) is 0 Å². The third kappa shape index (κ3) is 2.14. The molecule has 0 radical (unpaired) electrons. The first-order chi connectivity index (χ1) is 10.6. The Morgan fingerprint density at radius 3 is 2.91 bits per heavy atom. The van der Waals surface area contributed by atoms with Crippen molar-refractivity contribution in [2.45, 2.75) is 38.0 Å². The first kappa shape index (κ1) is 13.6. The summed E-state index contributed by atoms with van der Waals surface area (Å²) in [7, 11) is 0. The zero-order valence-corrected chi connectivity index (χ0v) is 12.5. The van der Waals surface area contributed by atoms with Crippen molar-refractivity contribution in [1.29, 1.82) is 0 Å². The zero-order valence-electron chi connectivity index (χ0n) is 12.5. The van der Waals surface area contributed by atoms with E-state index in [-0.39, 0.29) is 12.3 Å². The number of fused-ring (bicyclic) bond motifs is 5. The lowest BCUT2D eigenvalue weighted by Gasteiger charge is -2.40. The molecule has 1 aromatic carbocycles. The number of para-hydroxylation sites is 1. The Morgan fingerprint density at radius 2 is 2.09 bits per heavy atom. The number of hydrogen-bond donors (Lipinski definition) is 2. The molecule has 2 bridgehead atoms. The molecular weight excluding hydrogens is 276 g/mol. The summed E-state index contributed by atoms with van der Waals surface area (Å²) in [6, 6.07) is 8.03. The fourth-order valence-corrected chi connectivity index (χ4v) is 4.57. The average Bonchev–Trinajstić information content (AvgIpc) is 2.46. The number of benzene rings is 1. The summed E-state index contributed by atoms with van der Waals surface area (Å²) >= 11 is 0. The molecule has 0 aliphatic heterocycles. The van der Waals surface area contributed by atoms with Gasteiger partial charge < -0.3 is 10.8 Å². The number of carboxylic acids is 1. The summed E-state index contributed by atoms with van der Waals surface area (Å²) in [6.07, 6.45) is 4.30. The number of nitrogen functional groups attached to an aromatic ring is 1. The minimum absolute atomic E-state index is 0.278. The SMILES string of the molecule is Nc1c2c(nc3ccccc13)CC1CC(CC(=O)O)CC2C1. The van der Waals surface area contributed by atoms with Gasteiger partial charge in [-0.1, -0.05) is 18.2 Å². The second-order valence-electron chi connectivity index (χ2n) is 6.84. The molecule has 0 amide bonds. The van der Waals surface area contributed by atoms with Crippen LogP contribution in [0.25, 0.3) is 10.9 Å². The van der Waals surface area contributed by atoms with Crippen molar-refractivity contribution in [1.82, 2.24) is 4.98 Å². The Hall–Kier alpha value is -2.10. The maximum atomic E-state index is 11.0. The van der Waals surface area contributed by atoms with Gasteiger partial charge >= 0.3 is 5.97 Å². The van der Waals surface area contributed by atoms with Crippen LogP contribution in [0.2, 0.25) is 0 Å².